The number of benzene rings is 2. The third-order valence-corrected chi connectivity index (χ3v) is 2.33. The van der Waals surface area contributed by atoms with Crippen molar-refractivity contribution >= 4 is 11.4 Å². The molecule has 0 fully saturated rings. The number of nitrogens with one attached hydrogen (secondary N) is 1. The van der Waals surface area contributed by atoms with Crippen molar-refractivity contribution < 1.29 is 4.74 Å². The fourth-order valence-electron chi connectivity index (χ4n) is 1.49. The molecular weight excluding hydrogens is 210 g/mol. The summed E-state index contributed by atoms with van der Waals surface area (Å²) in [7, 11) is 0. The fourth-order valence-corrected chi connectivity index (χ4v) is 1.49. The largest absolute Gasteiger partial charge is 0.494 e. The van der Waals surface area contributed by atoms with Gasteiger partial charge in [0.2, 0.25) is 0 Å². The van der Waals surface area contributed by atoms with Crippen LogP contribution in [-0.2, 0) is 0 Å². The van der Waals surface area contributed by atoms with E-state index in [4.69, 9.17) is 4.74 Å². The van der Waals surface area contributed by atoms with Gasteiger partial charge >= 0.3 is 0 Å². The molecule has 0 unspecified atom stereocenters. The van der Waals surface area contributed by atoms with Crippen molar-refractivity contribution in [1.82, 2.24) is 0 Å². The summed E-state index contributed by atoms with van der Waals surface area (Å²) in [5, 5.41) is 3.31. The van der Waals surface area contributed by atoms with Crippen LogP contribution in [0.5, 0.6) is 5.75 Å². The second kappa shape index (κ2) is 5.94. The Bertz CT molecular complexity index is 436. The van der Waals surface area contributed by atoms with E-state index in [0.717, 1.165) is 30.2 Å². The molecule has 2 nitrogen and oxygen atoms in total. The van der Waals surface area contributed by atoms with Crippen molar-refractivity contribution in [2.45, 2.75) is 13.3 Å². The maximum absolute atomic E-state index is 5.53. The van der Waals surface area contributed by atoms with E-state index in [9.17, 15) is 0 Å². The number of hydrogen-bond acceptors (Lipinski definition) is 2. The first-order chi connectivity index (χ1) is 8.38. The maximum atomic E-state index is 5.53. The first kappa shape index (κ1) is 11.5. The minimum absolute atomic E-state index is 0.765. The lowest BCUT2D eigenvalue weighted by molar-refractivity contribution is 0.317. The molecule has 1 N–H and O–H groups in total. The first-order valence-corrected chi connectivity index (χ1v) is 5.84. The van der Waals surface area contributed by atoms with Gasteiger partial charge in [-0.05, 0) is 48.9 Å². The predicted molar refractivity (Wildman–Crippen MR) is 70.8 cm³/mol. The van der Waals surface area contributed by atoms with Crippen LogP contribution in [-0.4, -0.2) is 6.61 Å². The third-order valence-electron chi connectivity index (χ3n) is 2.33. The van der Waals surface area contributed by atoms with Gasteiger partial charge in [-0.15, -0.1) is 0 Å². The van der Waals surface area contributed by atoms with Gasteiger partial charge in [0.25, 0.3) is 0 Å². The molecule has 0 heterocycles. The first-order valence-electron chi connectivity index (χ1n) is 5.84. The van der Waals surface area contributed by atoms with Crippen LogP contribution in [0.3, 0.4) is 0 Å². The fraction of sp³-hybridized carbons (Fsp3) is 0.200. The molecule has 0 amide bonds. The van der Waals surface area contributed by atoms with Crippen LogP contribution in [0.1, 0.15) is 13.3 Å². The van der Waals surface area contributed by atoms with Crippen molar-refractivity contribution in [1.29, 1.82) is 0 Å². The minimum Gasteiger partial charge on any atom is -0.494 e. The molecule has 0 saturated heterocycles. The number of anilines is 2. The molecule has 0 atom stereocenters. The van der Waals surface area contributed by atoms with Crippen LogP contribution in [0, 0.1) is 6.07 Å². The molecule has 0 saturated carbocycles. The van der Waals surface area contributed by atoms with Gasteiger partial charge in [0, 0.05) is 11.4 Å². The zero-order valence-corrected chi connectivity index (χ0v) is 9.94. The third kappa shape index (κ3) is 3.52. The summed E-state index contributed by atoms with van der Waals surface area (Å²) in [6.45, 7) is 2.86. The summed E-state index contributed by atoms with van der Waals surface area (Å²) in [4.78, 5) is 0. The Labute approximate surface area is 102 Å². The highest BCUT2D eigenvalue weighted by Crippen LogP contribution is 2.19. The zero-order chi connectivity index (χ0) is 11.9. The smallest absolute Gasteiger partial charge is 0.119 e. The molecule has 0 aliphatic rings. The van der Waals surface area contributed by atoms with Gasteiger partial charge < -0.3 is 10.1 Å². The number of rotatable bonds is 5. The van der Waals surface area contributed by atoms with E-state index < -0.39 is 0 Å². The lowest BCUT2D eigenvalue weighted by Crippen LogP contribution is -1.95. The van der Waals surface area contributed by atoms with E-state index in [-0.39, 0.29) is 0 Å². The Morgan fingerprint density at radius 1 is 1.00 bits per heavy atom. The molecule has 2 aromatic carbocycles. The van der Waals surface area contributed by atoms with Gasteiger partial charge in [0.1, 0.15) is 5.75 Å². The van der Waals surface area contributed by atoms with Crippen molar-refractivity contribution in [3.05, 3.63) is 54.6 Å². The van der Waals surface area contributed by atoms with E-state index in [0.29, 0.717) is 0 Å². The molecule has 1 radical (unpaired) electrons. The molecular formula is C15H16NO. The Morgan fingerprint density at radius 3 is 2.29 bits per heavy atom. The average molecular weight is 226 g/mol. The van der Waals surface area contributed by atoms with Crippen LogP contribution in [0.4, 0.5) is 11.4 Å². The van der Waals surface area contributed by atoms with Gasteiger partial charge in [-0.25, -0.2) is 0 Å². The normalized spacial score (nSPS) is 9.94. The van der Waals surface area contributed by atoms with Gasteiger partial charge in [-0.3, -0.25) is 0 Å². The molecule has 87 valence electrons. The highest BCUT2D eigenvalue weighted by atomic mass is 16.5. The van der Waals surface area contributed by atoms with Crippen molar-refractivity contribution in [2.24, 2.45) is 0 Å². The highest BCUT2D eigenvalue weighted by molar-refractivity contribution is 5.59. The van der Waals surface area contributed by atoms with E-state index in [1.807, 2.05) is 48.5 Å². The number of ether oxygens (including phenoxy) is 1. The lowest BCUT2D eigenvalue weighted by atomic mass is 10.2. The Kier molecular flexibility index (Phi) is 4.03. The van der Waals surface area contributed by atoms with E-state index in [1.54, 1.807) is 0 Å². The quantitative estimate of drug-likeness (QED) is 0.831. The molecule has 0 aromatic heterocycles. The predicted octanol–water partition coefficient (Wildman–Crippen LogP) is 4.02. The average Bonchev–Trinajstić information content (AvgIpc) is 2.39. The van der Waals surface area contributed by atoms with Gasteiger partial charge in [-0.1, -0.05) is 19.1 Å². The van der Waals surface area contributed by atoms with Crippen molar-refractivity contribution in [3.8, 4) is 5.75 Å². The molecule has 2 heteroatoms. The summed E-state index contributed by atoms with van der Waals surface area (Å²) >= 11 is 0. The van der Waals surface area contributed by atoms with E-state index in [2.05, 4.69) is 18.3 Å². The summed E-state index contributed by atoms with van der Waals surface area (Å²) in [6, 6.07) is 18.7. The van der Waals surface area contributed by atoms with Crippen LogP contribution in [0.2, 0.25) is 0 Å². The number of hydrogen-bond donors (Lipinski definition) is 1. The molecule has 0 spiro atoms. The van der Waals surface area contributed by atoms with E-state index >= 15 is 0 Å². The topological polar surface area (TPSA) is 21.3 Å². The highest BCUT2D eigenvalue weighted by Gasteiger charge is 1.95. The molecule has 17 heavy (non-hydrogen) atoms. The van der Waals surface area contributed by atoms with Gasteiger partial charge in [-0.2, -0.15) is 0 Å². The van der Waals surface area contributed by atoms with Crippen molar-refractivity contribution in [2.75, 3.05) is 11.9 Å². The molecule has 0 aliphatic heterocycles. The molecule has 0 bridgehead atoms. The second-order valence-electron chi connectivity index (χ2n) is 3.79. The van der Waals surface area contributed by atoms with Crippen LogP contribution in [0.25, 0.3) is 0 Å². The molecule has 2 rings (SSSR count). The standard InChI is InChI=1S/C15H16NO/c1-2-12-17-15-10-8-14(9-11-15)16-13-6-4-3-5-7-13/h4-11,16H,2,12H2,1H3. The summed E-state index contributed by atoms with van der Waals surface area (Å²) in [5.41, 5.74) is 2.12. The Morgan fingerprint density at radius 2 is 1.65 bits per heavy atom. The summed E-state index contributed by atoms with van der Waals surface area (Å²) in [6.07, 6.45) is 1.03. The molecule has 2 aromatic rings. The minimum atomic E-state index is 0.765. The SMILES string of the molecule is CCCOc1ccc(Nc2cc[c]cc2)cc1. The summed E-state index contributed by atoms with van der Waals surface area (Å²) in [5.74, 6) is 0.916. The van der Waals surface area contributed by atoms with Crippen LogP contribution >= 0.6 is 0 Å². The van der Waals surface area contributed by atoms with Crippen molar-refractivity contribution in [3.63, 3.8) is 0 Å². The zero-order valence-electron chi connectivity index (χ0n) is 9.94. The van der Waals surface area contributed by atoms with Gasteiger partial charge in [0.15, 0.2) is 0 Å². The van der Waals surface area contributed by atoms with E-state index in [1.165, 1.54) is 0 Å². The summed E-state index contributed by atoms with van der Waals surface area (Å²) < 4.78 is 5.53. The van der Waals surface area contributed by atoms with Crippen LogP contribution < -0.4 is 10.1 Å². The van der Waals surface area contributed by atoms with Crippen LogP contribution in [0.15, 0.2) is 48.5 Å². The monoisotopic (exact) mass is 226 g/mol. The Balaban J connectivity index is 1.98. The van der Waals surface area contributed by atoms with Gasteiger partial charge in [0.05, 0.1) is 6.61 Å². The molecule has 0 aliphatic carbocycles. The lowest BCUT2D eigenvalue weighted by Gasteiger charge is -2.08. The maximum Gasteiger partial charge on any atom is 0.119 e. The second-order valence-corrected chi connectivity index (χ2v) is 3.79. The Hall–Kier alpha value is -1.96.